The number of fused-ring (bicyclic) bond motifs is 1. The third-order valence-electron chi connectivity index (χ3n) is 5.33. The first-order chi connectivity index (χ1) is 13.3. The average Bonchev–Trinajstić information content (AvgIpc) is 3.26. The Kier molecular flexibility index (Phi) is 7.22. The fourth-order valence-corrected chi connectivity index (χ4v) is 4.74. The monoisotopic (exact) mass is 417 g/mol. The van der Waals surface area contributed by atoms with Crippen molar-refractivity contribution in [2.24, 2.45) is 4.99 Å². The molecule has 0 amide bonds. The van der Waals surface area contributed by atoms with Gasteiger partial charge >= 0.3 is 6.18 Å². The number of guanidine groups is 1. The number of hydrogen-bond acceptors (Lipinski definition) is 4. The minimum absolute atomic E-state index is 0.00110. The molecule has 2 unspecified atom stereocenters. The minimum Gasteiger partial charge on any atom is -0.357 e. The highest BCUT2D eigenvalue weighted by Gasteiger charge is 2.34. The first-order valence-electron chi connectivity index (χ1n) is 9.97. The normalized spacial score (nSPS) is 22.9. The van der Waals surface area contributed by atoms with E-state index in [9.17, 15) is 13.2 Å². The summed E-state index contributed by atoms with van der Waals surface area (Å²) >= 11 is 1.84. The number of thiophene rings is 1. The molecule has 3 rings (SSSR count). The molecule has 2 N–H and O–H groups in total. The van der Waals surface area contributed by atoms with Crippen molar-refractivity contribution in [2.45, 2.75) is 51.5 Å². The van der Waals surface area contributed by atoms with E-state index in [1.54, 1.807) is 0 Å². The van der Waals surface area contributed by atoms with Crippen LogP contribution in [0.4, 0.5) is 13.2 Å². The van der Waals surface area contributed by atoms with Crippen molar-refractivity contribution in [1.82, 2.24) is 20.4 Å². The number of aliphatic imine (C=N–C) groups is 1. The Morgan fingerprint density at radius 2 is 2.21 bits per heavy atom. The summed E-state index contributed by atoms with van der Waals surface area (Å²) in [5, 5.41) is 8.70. The van der Waals surface area contributed by atoms with Gasteiger partial charge in [-0.2, -0.15) is 13.2 Å². The second-order valence-electron chi connectivity index (χ2n) is 7.64. The first-order valence-corrected chi connectivity index (χ1v) is 10.8. The lowest BCUT2D eigenvalue weighted by atomic mass is 10.1. The van der Waals surface area contributed by atoms with Crippen molar-refractivity contribution >= 4 is 17.3 Å². The summed E-state index contributed by atoms with van der Waals surface area (Å²) in [6.07, 6.45) is -2.35. The molecule has 0 saturated carbocycles. The Labute approximate surface area is 169 Å². The van der Waals surface area contributed by atoms with Crippen LogP contribution in [-0.4, -0.2) is 73.3 Å². The van der Waals surface area contributed by atoms with Gasteiger partial charge < -0.3 is 10.6 Å². The summed E-state index contributed by atoms with van der Waals surface area (Å²) in [6, 6.07) is 2.52. The van der Waals surface area contributed by atoms with E-state index in [1.807, 2.05) is 18.3 Å². The number of likely N-dealkylation sites (tertiary alicyclic amines) is 1. The number of hydrogen-bond donors (Lipinski definition) is 2. The van der Waals surface area contributed by atoms with E-state index < -0.39 is 12.7 Å². The maximum Gasteiger partial charge on any atom is 0.401 e. The number of alkyl halides is 3. The maximum absolute atomic E-state index is 12.6. The summed E-state index contributed by atoms with van der Waals surface area (Å²) < 4.78 is 37.7. The lowest BCUT2D eigenvalue weighted by Gasteiger charge is -2.31. The van der Waals surface area contributed by atoms with Crippen molar-refractivity contribution in [3.8, 4) is 0 Å². The van der Waals surface area contributed by atoms with Crippen LogP contribution in [-0.2, 0) is 13.0 Å². The van der Waals surface area contributed by atoms with E-state index in [4.69, 9.17) is 4.99 Å². The molecule has 2 aliphatic heterocycles. The lowest BCUT2D eigenvalue weighted by Crippen LogP contribution is -2.46. The zero-order chi connectivity index (χ0) is 20.1. The smallest absolute Gasteiger partial charge is 0.357 e. The number of nitrogens with one attached hydrogen (secondary N) is 2. The van der Waals surface area contributed by atoms with Gasteiger partial charge in [0, 0.05) is 49.7 Å². The molecule has 3 heterocycles. The highest BCUT2D eigenvalue weighted by molar-refractivity contribution is 7.10. The highest BCUT2D eigenvalue weighted by atomic mass is 32.1. The van der Waals surface area contributed by atoms with Gasteiger partial charge in [-0.15, -0.1) is 11.3 Å². The van der Waals surface area contributed by atoms with E-state index in [1.165, 1.54) is 15.3 Å². The number of nitrogens with zero attached hydrogens (tertiary/aromatic N) is 3. The molecule has 158 valence electrons. The van der Waals surface area contributed by atoms with Crippen LogP contribution in [0.25, 0.3) is 0 Å². The Balaban J connectivity index is 1.50. The number of rotatable bonds is 6. The fourth-order valence-electron chi connectivity index (χ4n) is 3.85. The zero-order valence-corrected chi connectivity index (χ0v) is 17.4. The van der Waals surface area contributed by atoms with Crippen LogP contribution in [0, 0.1) is 0 Å². The van der Waals surface area contributed by atoms with Crippen molar-refractivity contribution in [1.29, 1.82) is 0 Å². The van der Waals surface area contributed by atoms with Gasteiger partial charge in [0.05, 0.1) is 13.1 Å². The van der Waals surface area contributed by atoms with E-state index in [0.29, 0.717) is 38.1 Å². The van der Waals surface area contributed by atoms with Crippen LogP contribution in [0.3, 0.4) is 0 Å². The Morgan fingerprint density at radius 3 is 2.96 bits per heavy atom. The van der Waals surface area contributed by atoms with E-state index in [-0.39, 0.29) is 6.04 Å². The number of halogens is 3. The molecular formula is C19H30F3N5S. The van der Waals surface area contributed by atoms with Gasteiger partial charge in [0.2, 0.25) is 0 Å². The van der Waals surface area contributed by atoms with Crippen LogP contribution < -0.4 is 10.6 Å². The minimum atomic E-state index is -4.14. The summed E-state index contributed by atoms with van der Waals surface area (Å²) in [5.41, 5.74) is 1.42. The van der Waals surface area contributed by atoms with Gasteiger partial charge in [-0.1, -0.05) is 0 Å². The molecule has 0 aromatic carbocycles. The molecule has 28 heavy (non-hydrogen) atoms. The molecule has 0 spiro atoms. The topological polar surface area (TPSA) is 42.9 Å². The quantitative estimate of drug-likeness (QED) is 0.552. The van der Waals surface area contributed by atoms with Crippen molar-refractivity contribution in [2.75, 3.05) is 39.3 Å². The Morgan fingerprint density at radius 1 is 1.39 bits per heavy atom. The van der Waals surface area contributed by atoms with Crippen LogP contribution in [0.15, 0.2) is 16.4 Å². The molecular weight excluding hydrogens is 387 g/mol. The van der Waals surface area contributed by atoms with Crippen molar-refractivity contribution in [3.63, 3.8) is 0 Å². The van der Waals surface area contributed by atoms with Gasteiger partial charge in [0.25, 0.3) is 0 Å². The van der Waals surface area contributed by atoms with Crippen LogP contribution in [0.5, 0.6) is 0 Å². The molecule has 1 saturated heterocycles. The SMILES string of the molecule is CCNC(=NCC(C)N1CCc2sccc2C1)NC1CCN(CC(F)(F)F)C1. The standard InChI is InChI=1S/C19H30F3N5S/c1-3-23-18(25-16-4-7-26(12-16)13-19(20,21)22)24-10-14(2)27-8-5-17-15(11-27)6-9-28-17/h6,9,14,16H,3-5,7-8,10-13H2,1-2H3,(H2,23,24,25). The van der Waals surface area contributed by atoms with Gasteiger partial charge in [-0.25, -0.2) is 0 Å². The Hall–Kier alpha value is -1.32. The molecule has 2 atom stereocenters. The Bertz CT molecular complexity index is 660. The molecule has 0 radical (unpaired) electrons. The third-order valence-corrected chi connectivity index (χ3v) is 6.36. The molecule has 1 aromatic heterocycles. The van der Waals surface area contributed by atoms with E-state index >= 15 is 0 Å². The molecule has 0 aliphatic carbocycles. The fraction of sp³-hybridized carbons (Fsp3) is 0.737. The molecule has 9 heteroatoms. The summed E-state index contributed by atoms with van der Waals surface area (Å²) in [6.45, 7) is 7.59. The summed E-state index contributed by atoms with van der Waals surface area (Å²) in [7, 11) is 0. The molecule has 0 bridgehead atoms. The predicted octanol–water partition coefficient (Wildman–Crippen LogP) is 2.69. The van der Waals surface area contributed by atoms with Crippen molar-refractivity contribution < 1.29 is 13.2 Å². The third kappa shape index (κ3) is 6.09. The second-order valence-corrected chi connectivity index (χ2v) is 8.64. The summed E-state index contributed by atoms with van der Waals surface area (Å²) in [5.74, 6) is 0.696. The van der Waals surface area contributed by atoms with Gasteiger partial charge in [0.15, 0.2) is 5.96 Å². The summed E-state index contributed by atoms with van der Waals surface area (Å²) in [4.78, 5) is 10.1. The van der Waals surface area contributed by atoms with E-state index in [0.717, 1.165) is 26.1 Å². The van der Waals surface area contributed by atoms with Gasteiger partial charge in [0.1, 0.15) is 0 Å². The van der Waals surface area contributed by atoms with Crippen LogP contribution >= 0.6 is 11.3 Å². The van der Waals surface area contributed by atoms with Crippen LogP contribution in [0.1, 0.15) is 30.7 Å². The van der Waals surface area contributed by atoms with Gasteiger partial charge in [-0.05, 0) is 43.7 Å². The molecule has 1 aromatic rings. The second kappa shape index (κ2) is 9.45. The lowest BCUT2D eigenvalue weighted by molar-refractivity contribution is -0.143. The first kappa shape index (κ1) is 21.4. The molecule has 1 fully saturated rings. The molecule has 5 nitrogen and oxygen atoms in total. The predicted molar refractivity (Wildman–Crippen MR) is 108 cm³/mol. The maximum atomic E-state index is 12.6. The zero-order valence-electron chi connectivity index (χ0n) is 16.6. The molecule has 2 aliphatic rings. The largest absolute Gasteiger partial charge is 0.401 e. The van der Waals surface area contributed by atoms with Crippen molar-refractivity contribution in [3.05, 3.63) is 21.9 Å². The van der Waals surface area contributed by atoms with E-state index in [2.05, 4.69) is 33.9 Å². The van der Waals surface area contributed by atoms with Gasteiger partial charge in [-0.3, -0.25) is 14.8 Å². The highest BCUT2D eigenvalue weighted by Crippen LogP contribution is 2.25. The van der Waals surface area contributed by atoms with Crippen LogP contribution in [0.2, 0.25) is 0 Å². The average molecular weight is 418 g/mol.